The standard InChI is InChI=1S/C25H20ClN5O2S/c26-18-7-4-8-19-22(18)23(30-29-19)28-24(33)20-15-34-25(27-20)17-11-13-31(14-12-17)21(32)10-9-16-5-2-1-3-6-16/h1-8,15,17H,11-14H2,(H2,28,29,30,33). The van der Waals surface area contributed by atoms with Gasteiger partial charge in [-0.1, -0.05) is 41.8 Å². The lowest BCUT2D eigenvalue weighted by molar-refractivity contribution is -0.126. The number of likely N-dealkylation sites (tertiary alicyclic amines) is 1. The molecule has 0 radical (unpaired) electrons. The molecule has 9 heteroatoms. The molecular weight excluding hydrogens is 470 g/mol. The van der Waals surface area contributed by atoms with Crippen LogP contribution in [0.4, 0.5) is 5.82 Å². The van der Waals surface area contributed by atoms with Crippen molar-refractivity contribution in [2.24, 2.45) is 0 Å². The molecule has 170 valence electrons. The molecule has 0 atom stereocenters. The molecule has 2 N–H and O–H groups in total. The van der Waals surface area contributed by atoms with E-state index in [9.17, 15) is 9.59 Å². The molecule has 7 nitrogen and oxygen atoms in total. The molecule has 2 amide bonds. The summed E-state index contributed by atoms with van der Waals surface area (Å²) in [7, 11) is 0. The molecule has 1 fully saturated rings. The minimum Gasteiger partial charge on any atom is -0.332 e. The maximum Gasteiger partial charge on any atom is 0.298 e. The average molecular weight is 490 g/mol. The number of hydrogen-bond acceptors (Lipinski definition) is 5. The smallest absolute Gasteiger partial charge is 0.298 e. The first kappa shape index (κ1) is 22.1. The summed E-state index contributed by atoms with van der Waals surface area (Å²) in [5.41, 5.74) is 1.91. The minimum atomic E-state index is -0.334. The molecule has 0 saturated carbocycles. The zero-order chi connectivity index (χ0) is 23.5. The van der Waals surface area contributed by atoms with Gasteiger partial charge in [0.15, 0.2) is 5.82 Å². The maximum absolute atomic E-state index is 12.8. The highest BCUT2D eigenvalue weighted by atomic mass is 35.5. The molecule has 1 aliphatic heterocycles. The van der Waals surface area contributed by atoms with Crippen LogP contribution in [0.2, 0.25) is 5.02 Å². The fraction of sp³-hybridized carbons (Fsp3) is 0.200. The van der Waals surface area contributed by atoms with Crippen molar-refractivity contribution in [1.82, 2.24) is 20.1 Å². The topological polar surface area (TPSA) is 91.0 Å². The van der Waals surface area contributed by atoms with Gasteiger partial charge in [-0.25, -0.2) is 4.98 Å². The van der Waals surface area contributed by atoms with E-state index in [1.54, 1.807) is 16.3 Å². The van der Waals surface area contributed by atoms with Gasteiger partial charge in [-0.15, -0.1) is 11.3 Å². The number of nitrogens with one attached hydrogen (secondary N) is 2. The quantitative estimate of drug-likeness (QED) is 0.409. The lowest BCUT2D eigenvalue weighted by Crippen LogP contribution is -2.37. The highest BCUT2D eigenvalue weighted by Crippen LogP contribution is 2.31. The van der Waals surface area contributed by atoms with Crippen LogP contribution in [0.25, 0.3) is 10.9 Å². The van der Waals surface area contributed by atoms with E-state index in [2.05, 4.69) is 32.3 Å². The van der Waals surface area contributed by atoms with Gasteiger partial charge in [0.25, 0.3) is 11.8 Å². The number of fused-ring (bicyclic) bond motifs is 1. The van der Waals surface area contributed by atoms with E-state index in [1.165, 1.54) is 11.3 Å². The number of benzene rings is 2. The molecule has 2 aromatic carbocycles. The van der Waals surface area contributed by atoms with Crippen LogP contribution >= 0.6 is 22.9 Å². The summed E-state index contributed by atoms with van der Waals surface area (Å²) in [5.74, 6) is 5.75. The van der Waals surface area contributed by atoms with Crippen LogP contribution in [0.3, 0.4) is 0 Å². The van der Waals surface area contributed by atoms with Crippen molar-refractivity contribution in [2.75, 3.05) is 18.4 Å². The number of amides is 2. The average Bonchev–Trinajstić information content (AvgIpc) is 3.52. The molecule has 5 rings (SSSR count). The maximum atomic E-state index is 12.8. The highest BCUT2D eigenvalue weighted by Gasteiger charge is 2.26. The van der Waals surface area contributed by atoms with Gasteiger partial charge in [0.05, 0.1) is 20.9 Å². The van der Waals surface area contributed by atoms with Crippen molar-refractivity contribution in [3.05, 3.63) is 75.2 Å². The van der Waals surface area contributed by atoms with E-state index in [-0.39, 0.29) is 17.7 Å². The lowest BCUT2D eigenvalue weighted by atomic mass is 9.97. The van der Waals surface area contributed by atoms with E-state index in [0.29, 0.717) is 35.0 Å². The van der Waals surface area contributed by atoms with Crippen molar-refractivity contribution in [2.45, 2.75) is 18.8 Å². The van der Waals surface area contributed by atoms with Gasteiger partial charge in [-0.05, 0) is 37.1 Å². The number of hydrogen-bond donors (Lipinski definition) is 2. The first-order chi connectivity index (χ1) is 16.6. The Bertz CT molecular complexity index is 1410. The third-order valence-electron chi connectivity index (χ3n) is 5.74. The molecule has 4 aromatic rings. The summed E-state index contributed by atoms with van der Waals surface area (Å²) in [5, 5.41) is 13.7. The Labute approximate surface area is 205 Å². The van der Waals surface area contributed by atoms with Crippen LogP contribution in [0.1, 0.15) is 39.8 Å². The second kappa shape index (κ2) is 9.67. The van der Waals surface area contributed by atoms with E-state index < -0.39 is 0 Å². The van der Waals surface area contributed by atoms with Gasteiger partial charge in [0.2, 0.25) is 0 Å². The van der Waals surface area contributed by atoms with Crippen molar-refractivity contribution in [3.63, 3.8) is 0 Å². The van der Waals surface area contributed by atoms with E-state index in [1.807, 2.05) is 42.5 Å². The van der Waals surface area contributed by atoms with Gasteiger partial charge < -0.3 is 10.2 Å². The van der Waals surface area contributed by atoms with E-state index in [4.69, 9.17) is 11.6 Å². The first-order valence-electron chi connectivity index (χ1n) is 10.8. The number of carbonyl (C=O) groups is 2. The van der Waals surface area contributed by atoms with Crippen LogP contribution in [-0.4, -0.2) is 45.0 Å². The molecular formula is C25H20ClN5O2S. The Morgan fingerprint density at radius 1 is 1.12 bits per heavy atom. The Balaban J connectivity index is 1.20. The highest BCUT2D eigenvalue weighted by molar-refractivity contribution is 7.10. The Morgan fingerprint density at radius 3 is 2.71 bits per heavy atom. The van der Waals surface area contributed by atoms with E-state index in [0.717, 1.165) is 28.9 Å². The zero-order valence-electron chi connectivity index (χ0n) is 18.0. The number of nitrogens with zero attached hydrogens (tertiary/aromatic N) is 3. The minimum absolute atomic E-state index is 0.161. The summed E-state index contributed by atoms with van der Waals surface area (Å²) in [6.07, 6.45) is 1.57. The van der Waals surface area contributed by atoms with Gasteiger partial charge >= 0.3 is 0 Å². The number of thiazole rings is 1. The van der Waals surface area contributed by atoms with Gasteiger partial charge in [-0.2, -0.15) is 5.10 Å². The fourth-order valence-corrected chi connectivity index (χ4v) is 5.16. The molecule has 0 unspecified atom stereocenters. The lowest BCUT2D eigenvalue weighted by Gasteiger charge is -2.29. The molecule has 34 heavy (non-hydrogen) atoms. The normalized spacial score (nSPS) is 14.0. The number of piperidine rings is 1. The number of H-pyrrole nitrogens is 1. The summed E-state index contributed by atoms with van der Waals surface area (Å²) < 4.78 is 0. The molecule has 1 saturated heterocycles. The Morgan fingerprint density at radius 2 is 1.91 bits per heavy atom. The van der Waals surface area contributed by atoms with Crippen LogP contribution in [0.15, 0.2) is 53.9 Å². The number of halogens is 1. The fourth-order valence-electron chi connectivity index (χ4n) is 3.93. The Hall–Kier alpha value is -3.67. The van der Waals surface area contributed by atoms with Crippen LogP contribution < -0.4 is 5.32 Å². The summed E-state index contributed by atoms with van der Waals surface area (Å²) >= 11 is 7.73. The second-order valence-electron chi connectivity index (χ2n) is 7.94. The van der Waals surface area contributed by atoms with Crippen LogP contribution in [-0.2, 0) is 4.79 Å². The zero-order valence-corrected chi connectivity index (χ0v) is 19.6. The Kier molecular flexibility index (Phi) is 6.30. The summed E-state index contributed by atoms with van der Waals surface area (Å²) in [6.45, 7) is 1.23. The molecule has 0 bridgehead atoms. The molecule has 0 aliphatic carbocycles. The van der Waals surface area contributed by atoms with Crippen molar-refractivity contribution >= 4 is 51.5 Å². The van der Waals surface area contributed by atoms with Crippen LogP contribution in [0, 0.1) is 11.8 Å². The van der Waals surface area contributed by atoms with Crippen molar-refractivity contribution in [1.29, 1.82) is 0 Å². The monoisotopic (exact) mass is 489 g/mol. The largest absolute Gasteiger partial charge is 0.332 e. The third kappa shape index (κ3) is 4.67. The van der Waals surface area contributed by atoms with E-state index >= 15 is 0 Å². The molecule has 1 aliphatic rings. The SMILES string of the molecule is O=C(Nc1n[nH]c2cccc(Cl)c12)c1csc(C2CCN(C(=O)C#Cc3ccccc3)CC2)n1. The third-order valence-corrected chi connectivity index (χ3v) is 7.07. The summed E-state index contributed by atoms with van der Waals surface area (Å²) in [6, 6.07) is 14.9. The number of anilines is 1. The van der Waals surface area contributed by atoms with Gasteiger partial charge in [0, 0.05) is 35.9 Å². The number of carbonyl (C=O) groups excluding carboxylic acids is 2. The molecule has 2 aromatic heterocycles. The summed E-state index contributed by atoms with van der Waals surface area (Å²) in [4.78, 5) is 31.6. The number of aromatic amines is 1. The first-order valence-corrected chi connectivity index (χ1v) is 12.1. The predicted octanol–water partition coefficient (Wildman–Crippen LogP) is 4.68. The van der Waals surface area contributed by atoms with Crippen LogP contribution in [0.5, 0.6) is 0 Å². The van der Waals surface area contributed by atoms with Gasteiger partial charge in [0.1, 0.15) is 5.69 Å². The van der Waals surface area contributed by atoms with Crippen molar-refractivity contribution < 1.29 is 9.59 Å². The molecule has 0 spiro atoms. The number of rotatable bonds is 3. The second-order valence-corrected chi connectivity index (χ2v) is 9.24. The number of aromatic nitrogens is 3. The van der Waals surface area contributed by atoms with Gasteiger partial charge in [-0.3, -0.25) is 14.7 Å². The predicted molar refractivity (Wildman–Crippen MR) is 133 cm³/mol. The molecule has 3 heterocycles. The van der Waals surface area contributed by atoms with Crippen molar-refractivity contribution in [3.8, 4) is 11.8 Å².